The first-order valence-electron chi connectivity index (χ1n) is 4.64. The summed E-state index contributed by atoms with van der Waals surface area (Å²) >= 11 is 1.66. The van der Waals surface area contributed by atoms with Crippen molar-refractivity contribution in [2.75, 3.05) is 6.54 Å². The zero-order chi connectivity index (χ0) is 10.6. The standard InChI is InChI=1S/C10H15NO2S/c1-3-11(8(2)10(12)13)7-9-5-4-6-14-9/h4-6,8H,3,7H2,1-2H3,(H,12,13)/t8-/m1/s1. The van der Waals surface area contributed by atoms with Gasteiger partial charge < -0.3 is 5.11 Å². The number of rotatable bonds is 5. The van der Waals surface area contributed by atoms with Gasteiger partial charge in [-0.25, -0.2) is 0 Å². The number of aliphatic carboxylic acids is 1. The van der Waals surface area contributed by atoms with E-state index < -0.39 is 12.0 Å². The van der Waals surface area contributed by atoms with E-state index in [2.05, 4.69) is 0 Å². The van der Waals surface area contributed by atoms with E-state index in [-0.39, 0.29) is 0 Å². The number of carboxylic acid groups (broad SMARTS) is 1. The van der Waals surface area contributed by atoms with Crippen molar-refractivity contribution in [1.82, 2.24) is 4.90 Å². The molecule has 0 saturated carbocycles. The highest BCUT2D eigenvalue weighted by molar-refractivity contribution is 7.09. The maximum Gasteiger partial charge on any atom is 0.320 e. The molecular formula is C10H15NO2S. The zero-order valence-corrected chi connectivity index (χ0v) is 9.25. The van der Waals surface area contributed by atoms with Crippen molar-refractivity contribution in [3.8, 4) is 0 Å². The fraction of sp³-hybridized carbons (Fsp3) is 0.500. The molecule has 1 rings (SSSR count). The van der Waals surface area contributed by atoms with Gasteiger partial charge >= 0.3 is 5.97 Å². The van der Waals surface area contributed by atoms with E-state index in [0.29, 0.717) is 0 Å². The molecule has 0 unspecified atom stereocenters. The predicted molar refractivity (Wildman–Crippen MR) is 57.5 cm³/mol. The Balaban J connectivity index is 2.59. The van der Waals surface area contributed by atoms with Crippen molar-refractivity contribution < 1.29 is 9.90 Å². The lowest BCUT2D eigenvalue weighted by Gasteiger charge is -2.23. The van der Waals surface area contributed by atoms with Crippen LogP contribution in [0.2, 0.25) is 0 Å². The van der Waals surface area contributed by atoms with Crippen molar-refractivity contribution in [3.05, 3.63) is 22.4 Å². The molecule has 0 amide bonds. The molecule has 0 radical (unpaired) electrons. The van der Waals surface area contributed by atoms with Crippen LogP contribution in [0.15, 0.2) is 17.5 Å². The highest BCUT2D eigenvalue weighted by Gasteiger charge is 2.19. The molecule has 0 spiro atoms. The maximum atomic E-state index is 10.8. The van der Waals surface area contributed by atoms with Gasteiger partial charge in [0.05, 0.1) is 0 Å². The van der Waals surface area contributed by atoms with Crippen LogP contribution in [0.1, 0.15) is 18.7 Å². The molecule has 3 nitrogen and oxygen atoms in total. The molecule has 78 valence electrons. The monoisotopic (exact) mass is 213 g/mol. The Labute approximate surface area is 88.0 Å². The fourth-order valence-corrected chi connectivity index (χ4v) is 2.01. The molecule has 0 aliphatic heterocycles. The van der Waals surface area contributed by atoms with Crippen molar-refractivity contribution in [2.24, 2.45) is 0 Å². The first kappa shape index (κ1) is 11.2. The molecule has 1 aromatic rings. The van der Waals surface area contributed by atoms with E-state index in [4.69, 9.17) is 5.11 Å². The summed E-state index contributed by atoms with van der Waals surface area (Å²) in [5, 5.41) is 10.9. The molecule has 1 aromatic heterocycles. The van der Waals surface area contributed by atoms with Crippen molar-refractivity contribution in [3.63, 3.8) is 0 Å². The smallest absolute Gasteiger partial charge is 0.320 e. The molecule has 0 fully saturated rings. The minimum Gasteiger partial charge on any atom is -0.480 e. The Hall–Kier alpha value is -0.870. The molecule has 1 atom stereocenters. The molecular weight excluding hydrogens is 198 g/mol. The molecule has 0 aromatic carbocycles. The van der Waals surface area contributed by atoms with E-state index in [1.807, 2.05) is 29.3 Å². The summed E-state index contributed by atoms with van der Waals surface area (Å²) in [5.41, 5.74) is 0. The number of carbonyl (C=O) groups is 1. The molecule has 0 bridgehead atoms. The highest BCUT2D eigenvalue weighted by Crippen LogP contribution is 2.13. The van der Waals surface area contributed by atoms with Gasteiger partial charge in [-0.3, -0.25) is 9.69 Å². The van der Waals surface area contributed by atoms with Gasteiger partial charge in [0.25, 0.3) is 0 Å². The lowest BCUT2D eigenvalue weighted by molar-refractivity contribution is -0.142. The molecule has 1 N–H and O–H groups in total. The third-order valence-electron chi connectivity index (χ3n) is 2.25. The summed E-state index contributed by atoms with van der Waals surface area (Å²) in [6, 6.07) is 3.60. The second-order valence-corrected chi connectivity index (χ2v) is 4.19. The second-order valence-electron chi connectivity index (χ2n) is 3.16. The van der Waals surface area contributed by atoms with Gasteiger partial charge in [0.15, 0.2) is 0 Å². The summed E-state index contributed by atoms with van der Waals surface area (Å²) in [6.45, 7) is 5.18. The van der Waals surface area contributed by atoms with E-state index in [0.717, 1.165) is 13.1 Å². The van der Waals surface area contributed by atoms with Crippen LogP contribution in [0.4, 0.5) is 0 Å². The zero-order valence-electron chi connectivity index (χ0n) is 8.43. The van der Waals surface area contributed by atoms with Crippen LogP contribution in [0, 0.1) is 0 Å². The number of hydrogen-bond acceptors (Lipinski definition) is 3. The van der Waals surface area contributed by atoms with Crippen LogP contribution >= 0.6 is 11.3 Å². The summed E-state index contributed by atoms with van der Waals surface area (Å²) in [6.07, 6.45) is 0. The Kier molecular flexibility index (Phi) is 4.10. The van der Waals surface area contributed by atoms with E-state index in [1.54, 1.807) is 18.3 Å². The average molecular weight is 213 g/mol. The molecule has 1 heterocycles. The molecule has 0 saturated heterocycles. The SMILES string of the molecule is CCN(Cc1cccs1)[C@H](C)C(=O)O. The Morgan fingerprint density at radius 3 is 2.86 bits per heavy atom. The van der Waals surface area contributed by atoms with Crippen LogP contribution in [0.25, 0.3) is 0 Å². The Morgan fingerprint density at radius 2 is 2.43 bits per heavy atom. The van der Waals surface area contributed by atoms with Crippen LogP contribution in [-0.2, 0) is 11.3 Å². The van der Waals surface area contributed by atoms with Gasteiger partial charge in [-0.2, -0.15) is 0 Å². The van der Waals surface area contributed by atoms with Gasteiger partial charge in [-0.1, -0.05) is 13.0 Å². The first-order valence-corrected chi connectivity index (χ1v) is 5.52. The fourth-order valence-electron chi connectivity index (χ4n) is 1.28. The van der Waals surface area contributed by atoms with Gasteiger partial charge in [0, 0.05) is 11.4 Å². The Morgan fingerprint density at radius 1 is 1.71 bits per heavy atom. The summed E-state index contributed by atoms with van der Waals surface area (Å²) in [7, 11) is 0. The molecule has 4 heteroatoms. The van der Waals surface area contributed by atoms with Crippen LogP contribution in [0.5, 0.6) is 0 Å². The quantitative estimate of drug-likeness (QED) is 0.813. The van der Waals surface area contributed by atoms with E-state index >= 15 is 0 Å². The molecule has 0 aliphatic carbocycles. The topological polar surface area (TPSA) is 40.5 Å². The van der Waals surface area contributed by atoms with E-state index in [9.17, 15) is 4.79 Å². The van der Waals surface area contributed by atoms with Crippen LogP contribution < -0.4 is 0 Å². The second kappa shape index (κ2) is 5.12. The molecule has 14 heavy (non-hydrogen) atoms. The minimum atomic E-state index is -0.761. The number of thiophene rings is 1. The number of nitrogens with zero attached hydrogens (tertiary/aromatic N) is 1. The third kappa shape index (κ3) is 2.82. The number of likely N-dealkylation sites (N-methyl/N-ethyl adjacent to an activating group) is 1. The summed E-state index contributed by atoms with van der Waals surface area (Å²) < 4.78 is 0. The van der Waals surface area contributed by atoms with Crippen molar-refractivity contribution in [1.29, 1.82) is 0 Å². The Bertz CT molecular complexity index is 284. The number of hydrogen-bond donors (Lipinski definition) is 1. The van der Waals surface area contributed by atoms with Crippen molar-refractivity contribution in [2.45, 2.75) is 26.4 Å². The van der Waals surface area contributed by atoms with Crippen LogP contribution in [-0.4, -0.2) is 28.6 Å². The van der Waals surface area contributed by atoms with Gasteiger partial charge in [0.1, 0.15) is 6.04 Å². The third-order valence-corrected chi connectivity index (χ3v) is 3.11. The van der Waals surface area contributed by atoms with E-state index in [1.165, 1.54) is 4.88 Å². The molecule has 0 aliphatic rings. The normalized spacial score (nSPS) is 13.1. The lowest BCUT2D eigenvalue weighted by atomic mass is 10.2. The van der Waals surface area contributed by atoms with Crippen molar-refractivity contribution >= 4 is 17.3 Å². The van der Waals surface area contributed by atoms with Gasteiger partial charge in [-0.05, 0) is 24.9 Å². The average Bonchev–Trinajstić information content (AvgIpc) is 2.65. The van der Waals surface area contributed by atoms with Gasteiger partial charge in [0.2, 0.25) is 0 Å². The highest BCUT2D eigenvalue weighted by atomic mass is 32.1. The van der Waals surface area contributed by atoms with Gasteiger partial charge in [-0.15, -0.1) is 11.3 Å². The lowest BCUT2D eigenvalue weighted by Crippen LogP contribution is -2.38. The van der Waals surface area contributed by atoms with Crippen LogP contribution in [0.3, 0.4) is 0 Å². The summed E-state index contributed by atoms with van der Waals surface area (Å²) in [4.78, 5) is 13.9. The predicted octanol–water partition coefficient (Wildman–Crippen LogP) is 2.04. The first-order chi connectivity index (χ1) is 6.65. The minimum absolute atomic E-state index is 0.415. The number of carboxylic acids is 1. The largest absolute Gasteiger partial charge is 0.480 e. The summed E-state index contributed by atoms with van der Waals surface area (Å²) in [5.74, 6) is -0.761. The maximum absolute atomic E-state index is 10.8.